The maximum atomic E-state index is 10.7. The van der Waals surface area contributed by atoms with Crippen LogP contribution in [0.3, 0.4) is 0 Å². The average Bonchev–Trinajstić information content (AvgIpc) is 2.77. The van der Waals surface area contributed by atoms with Crippen LogP contribution in [0, 0.1) is 13.8 Å². The Balaban J connectivity index is 2.21. The van der Waals surface area contributed by atoms with Crippen molar-refractivity contribution in [1.29, 1.82) is 0 Å². The maximum absolute atomic E-state index is 10.7. The molecule has 21 heavy (non-hydrogen) atoms. The third-order valence-electron chi connectivity index (χ3n) is 3.49. The summed E-state index contributed by atoms with van der Waals surface area (Å²) in [4.78, 5) is 3.23. The number of fused-ring (bicyclic) bond motifs is 1. The summed E-state index contributed by atoms with van der Waals surface area (Å²) in [6, 6.07) is 2.04. The monoisotopic (exact) mass is 312 g/mol. The molecule has 1 aromatic carbocycles. The smallest absolute Gasteiger partial charge is 0.278 e. The summed E-state index contributed by atoms with van der Waals surface area (Å²) in [6.45, 7) is 4.47. The fourth-order valence-electron chi connectivity index (χ4n) is 2.67. The number of hydrogen-bond acceptors (Lipinski definition) is 4. The van der Waals surface area contributed by atoms with Crippen LogP contribution in [0.15, 0.2) is 12.3 Å². The second-order valence-corrected chi connectivity index (χ2v) is 6.52. The molecule has 0 aliphatic carbocycles. The van der Waals surface area contributed by atoms with E-state index in [0.717, 1.165) is 33.3 Å². The van der Waals surface area contributed by atoms with Gasteiger partial charge in [-0.25, -0.2) is 0 Å². The fourth-order valence-corrected chi connectivity index (χ4v) is 3.07. The van der Waals surface area contributed by atoms with Crippen molar-refractivity contribution >= 4 is 21.0 Å². The molecule has 0 bridgehead atoms. The van der Waals surface area contributed by atoms with Crippen LogP contribution in [-0.2, 0) is 16.5 Å². The zero-order chi connectivity index (χ0) is 15.6. The van der Waals surface area contributed by atoms with Gasteiger partial charge in [0.2, 0.25) is 0 Å². The van der Waals surface area contributed by atoms with Crippen molar-refractivity contribution in [3.05, 3.63) is 29.0 Å². The molecule has 0 unspecified atom stereocenters. The Hall–Kier alpha value is -1.57. The number of rotatable bonds is 6. The molecule has 0 radical (unpaired) electrons. The molecule has 2 aromatic rings. The van der Waals surface area contributed by atoms with Gasteiger partial charge in [0.05, 0.1) is 7.11 Å². The van der Waals surface area contributed by atoms with Crippen molar-refractivity contribution in [1.82, 2.24) is 10.3 Å². The Morgan fingerprint density at radius 2 is 2.10 bits per heavy atom. The number of ether oxygens (including phenoxy) is 1. The summed E-state index contributed by atoms with van der Waals surface area (Å²) < 4.78 is 35.4. The second-order valence-electron chi connectivity index (χ2n) is 5.06. The Kier molecular flexibility index (Phi) is 4.55. The minimum Gasteiger partial charge on any atom is -0.496 e. The molecule has 7 heteroatoms. The van der Waals surface area contributed by atoms with Crippen molar-refractivity contribution in [2.75, 3.05) is 19.5 Å². The Bertz CT molecular complexity index is 750. The fraction of sp³-hybridized carbons (Fsp3) is 0.429. The van der Waals surface area contributed by atoms with E-state index in [0.29, 0.717) is 13.0 Å². The summed E-state index contributed by atoms with van der Waals surface area (Å²) in [5.41, 5.74) is 4.26. The molecule has 0 amide bonds. The molecule has 0 spiro atoms. The Morgan fingerprint density at radius 1 is 1.38 bits per heavy atom. The van der Waals surface area contributed by atoms with Gasteiger partial charge in [-0.1, -0.05) is 0 Å². The molecule has 1 heterocycles. The van der Waals surface area contributed by atoms with Crippen LogP contribution in [0.2, 0.25) is 0 Å². The first kappa shape index (κ1) is 15.8. The SMILES string of the molecule is COc1c(C)cc2[nH]cc(CCNCS(=O)(=O)O)c2c1C. The van der Waals surface area contributed by atoms with E-state index < -0.39 is 16.0 Å². The van der Waals surface area contributed by atoms with E-state index in [-0.39, 0.29) is 0 Å². The first-order chi connectivity index (χ1) is 9.83. The van der Waals surface area contributed by atoms with Gasteiger partial charge in [-0.3, -0.25) is 4.55 Å². The lowest BCUT2D eigenvalue weighted by Gasteiger charge is -2.11. The number of nitrogens with one attached hydrogen (secondary N) is 2. The van der Waals surface area contributed by atoms with E-state index >= 15 is 0 Å². The lowest BCUT2D eigenvalue weighted by molar-refractivity contribution is 0.409. The Morgan fingerprint density at radius 3 is 2.71 bits per heavy atom. The van der Waals surface area contributed by atoms with Crippen LogP contribution in [0.5, 0.6) is 5.75 Å². The molecular formula is C14H20N2O4S. The zero-order valence-corrected chi connectivity index (χ0v) is 13.2. The van der Waals surface area contributed by atoms with Gasteiger partial charge >= 0.3 is 0 Å². The van der Waals surface area contributed by atoms with E-state index in [2.05, 4.69) is 10.3 Å². The highest BCUT2D eigenvalue weighted by atomic mass is 32.2. The van der Waals surface area contributed by atoms with Crippen LogP contribution in [0.1, 0.15) is 16.7 Å². The van der Waals surface area contributed by atoms with E-state index in [9.17, 15) is 8.42 Å². The summed E-state index contributed by atoms with van der Waals surface area (Å²) in [5, 5.41) is 3.81. The molecule has 2 rings (SSSR count). The van der Waals surface area contributed by atoms with Gasteiger partial charge < -0.3 is 15.0 Å². The van der Waals surface area contributed by atoms with Crippen molar-refractivity contribution in [2.45, 2.75) is 20.3 Å². The predicted octanol–water partition coefficient (Wildman–Crippen LogP) is 1.77. The minimum absolute atomic E-state index is 0.434. The van der Waals surface area contributed by atoms with Crippen LogP contribution in [0.4, 0.5) is 0 Å². The standard InChI is InChI=1S/C14H20N2O4S/c1-9-6-12-13(10(2)14(9)20-3)11(7-16-12)4-5-15-8-21(17,18)19/h6-7,15-16H,4-5,8H2,1-3H3,(H,17,18,19). The lowest BCUT2D eigenvalue weighted by atomic mass is 10.0. The van der Waals surface area contributed by atoms with Crippen molar-refractivity contribution in [3.8, 4) is 5.75 Å². The number of benzene rings is 1. The molecule has 0 atom stereocenters. The average molecular weight is 312 g/mol. The molecule has 0 fully saturated rings. The zero-order valence-electron chi connectivity index (χ0n) is 12.4. The number of aryl methyl sites for hydroxylation is 2. The molecule has 0 saturated carbocycles. The number of aromatic amines is 1. The molecule has 0 saturated heterocycles. The minimum atomic E-state index is -3.97. The summed E-state index contributed by atoms with van der Waals surface area (Å²) >= 11 is 0. The van der Waals surface area contributed by atoms with Gasteiger partial charge in [-0.05, 0) is 37.5 Å². The van der Waals surface area contributed by atoms with E-state index in [1.807, 2.05) is 26.1 Å². The van der Waals surface area contributed by atoms with Crippen LogP contribution >= 0.6 is 0 Å². The summed E-state index contributed by atoms with van der Waals surface area (Å²) in [6.07, 6.45) is 2.58. The van der Waals surface area contributed by atoms with Crippen molar-refractivity contribution < 1.29 is 17.7 Å². The van der Waals surface area contributed by atoms with Gasteiger partial charge in [0.25, 0.3) is 10.1 Å². The van der Waals surface area contributed by atoms with Crippen LogP contribution < -0.4 is 10.1 Å². The topological polar surface area (TPSA) is 91.4 Å². The van der Waals surface area contributed by atoms with E-state index in [4.69, 9.17) is 9.29 Å². The molecule has 1 aromatic heterocycles. The largest absolute Gasteiger partial charge is 0.496 e. The Labute approximate surface area is 124 Å². The normalized spacial score (nSPS) is 12.0. The molecule has 3 N–H and O–H groups in total. The summed E-state index contributed by atoms with van der Waals surface area (Å²) in [5.74, 6) is 0.436. The second kappa shape index (κ2) is 6.05. The number of aromatic nitrogens is 1. The molecule has 116 valence electrons. The highest BCUT2D eigenvalue weighted by Crippen LogP contribution is 2.32. The van der Waals surface area contributed by atoms with Crippen molar-refractivity contribution in [3.63, 3.8) is 0 Å². The predicted molar refractivity (Wildman–Crippen MR) is 82.4 cm³/mol. The van der Waals surface area contributed by atoms with Gasteiger partial charge in [0.15, 0.2) is 0 Å². The molecule has 0 aliphatic heterocycles. The number of hydrogen-bond donors (Lipinski definition) is 3. The van der Waals surface area contributed by atoms with Crippen LogP contribution in [0.25, 0.3) is 10.9 Å². The number of methoxy groups -OCH3 is 1. The van der Waals surface area contributed by atoms with Gasteiger partial charge in [-0.15, -0.1) is 0 Å². The van der Waals surface area contributed by atoms with Crippen molar-refractivity contribution in [2.24, 2.45) is 0 Å². The highest BCUT2D eigenvalue weighted by Gasteiger charge is 2.13. The van der Waals surface area contributed by atoms with E-state index in [1.54, 1.807) is 7.11 Å². The molecule has 0 aliphatic rings. The van der Waals surface area contributed by atoms with E-state index in [1.165, 1.54) is 0 Å². The van der Waals surface area contributed by atoms with Gasteiger partial charge in [-0.2, -0.15) is 8.42 Å². The number of H-pyrrole nitrogens is 1. The quantitative estimate of drug-likeness (QED) is 0.558. The first-order valence-corrected chi connectivity index (χ1v) is 8.24. The van der Waals surface area contributed by atoms with Gasteiger partial charge in [0.1, 0.15) is 11.6 Å². The third-order valence-corrected chi connectivity index (χ3v) is 4.06. The van der Waals surface area contributed by atoms with Gasteiger partial charge in [0, 0.05) is 29.2 Å². The lowest BCUT2D eigenvalue weighted by Crippen LogP contribution is -2.24. The molecular weight excluding hydrogens is 292 g/mol. The highest BCUT2D eigenvalue weighted by molar-refractivity contribution is 7.85. The summed E-state index contributed by atoms with van der Waals surface area (Å²) in [7, 11) is -2.32. The third kappa shape index (κ3) is 3.55. The molecule has 6 nitrogen and oxygen atoms in total. The first-order valence-electron chi connectivity index (χ1n) is 6.63. The maximum Gasteiger partial charge on any atom is 0.278 e. The van der Waals surface area contributed by atoms with Crippen LogP contribution in [-0.4, -0.2) is 37.5 Å².